The van der Waals surface area contributed by atoms with E-state index in [9.17, 15) is 0 Å². The van der Waals surface area contributed by atoms with Gasteiger partial charge in [-0.25, -0.2) is 0 Å². The number of thiol groups is 1. The van der Waals surface area contributed by atoms with E-state index in [0.29, 0.717) is 4.32 Å². The van der Waals surface area contributed by atoms with Crippen LogP contribution < -0.4 is 5.32 Å². The van der Waals surface area contributed by atoms with Crippen molar-refractivity contribution >= 4 is 40.8 Å². The average molecular weight is 436 g/mol. The van der Waals surface area contributed by atoms with Gasteiger partial charge in [-0.1, -0.05) is 128 Å². The van der Waals surface area contributed by atoms with E-state index in [1.54, 1.807) is 0 Å². The summed E-state index contributed by atoms with van der Waals surface area (Å²) in [6, 6.07) is 0. The van der Waals surface area contributed by atoms with E-state index in [-0.39, 0.29) is 0 Å². The fourth-order valence-corrected chi connectivity index (χ4v) is 4.00. The van der Waals surface area contributed by atoms with E-state index in [1.165, 1.54) is 128 Å². The van der Waals surface area contributed by atoms with E-state index < -0.39 is 0 Å². The van der Waals surface area contributed by atoms with Gasteiger partial charge in [0.25, 0.3) is 0 Å². The first-order valence-corrected chi connectivity index (χ1v) is 13.2. The molecule has 0 aromatic carbocycles. The van der Waals surface area contributed by atoms with Gasteiger partial charge in [0.1, 0.15) is 4.32 Å². The van der Waals surface area contributed by atoms with E-state index in [1.807, 2.05) is 0 Å². The third kappa shape index (κ3) is 26.5. The Hall–Kier alpha value is 0.530. The van der Waals surface area contributed by atoms with Crippen LogP contribution in [0.3, 0.4) is 0 Å². The molecule has 0 unspecified atom stereocenters. The average Bonchev–Trinajstić information content (AvgIpc) is 2.65. The van der Waals surface area contributed by atoms with Crippen LogP contribution in [0.25, 0.3) is 0 Å². The van der Waals surface area contributed by atoms with Gasteiger partial charge in [-0.05, 0) is 12.8 Å². The van der Waals surface area contributed by atoms with Gasteiger partial charge in [0.2, 0.25) is 0 Å². The number of alkyl halides is 1. The maximum atomic E-state index is 5.69. The maximum Gasteiger partial charge on any atom is 0.130 e. The summed E-state index contributed by atoms with van der Waals surface area (Å²) in [5.74, 6) is 0.839. The van der Waals surface area contributed by atoms with Crippen LogP contribution in [-0.2, 0) is 0 Å². The van der Waals surface area contributed by atoms with Gasteiger partial charge in [0, 0.05) is 12.4 Å². The van der Waals surface area contributed by atoms with Gasteiger partial charge in [-0.2, -0.15) is 0 Å². The molecule has 0 spiro atoms. The summed E-state index contributed by atoms with van der Waals surface area (Å²) in [5.41, 5.74) is 0. The second-order valence-corrected chi connectivity index (χ2v) is 9.53. The van der Waals surface area contributed by atoms with Gasteiger partial charge in [0.05, 0.1) is 0 Å². The van der Waals surface area contributed by atoms with E-state index in [0.717, 1.165) is 12.4 Å². The molecular weight excluding hydrogens is 390 g/mol. The molecule has 0 rings (SSSR count). The Kier molecular flexibility index (Phi) is 25.0. The van der Waals surface area contributed by atoms with Crippen LogP contribution >= 0.6 is 36.4 Å². The summed E-state index contributed by atoms with van der Waals surface area (Å²) in [4.78, 5) is 0. The van der Waals surface area contributed by atoms with Crippen LogP contribution in [0.1, 0.15) is 128 Å². The molecule has 0 aromatic rings. The van der Waals surface area contributed by atoms with Crippen molar-refractivity contribution in [3.63, 3.8) is 0 Å². The number of rotatable bonds is 22. The molecule has 0 bridgehead atoms. The lowest BCUT2D eigenvalue weighted by molar-refractivity contribution is 0.521. The van der Waals surface area contributed by atoms with E-state index >= 15 is 0 Å². The van der Waals surface area contributed by atoms with Crippen molar-refractivity contribution in [2.45, 2.75) is 128 Å². The SMILES string of the molecule is S=C(S)NCCCCCCCCCCCCCCCCCCCCCCCl. The van der Waals surface area contributed by atoms with Gasteiger partial charge < -0.3 is 5.32 Å². The van der Waals surface area contributed by atoms with Crippen molar-refractivity contribution in [1.82, 2.24) is 5.32 Å². The summed E-state index contributed by atoms with van der Waals surface area (Å²) in [7, 11) is 0. The summed E-state index contributed by atoms with van der Waals surface area (Å²) < 4.78 is 0.625. The standard InChI is InChI=1S/C23H46ClNS2/c24-21-19-17-15-13-11-9-7-5-3-1-2-4-6-8-10-12-14-16-18-20-22-25-23(26)27/h1-22H2,(H2,25,26,27). The van der Waals surface area contributed by atoms with Crippen LogP contribution in [0.5, 0.6) is 0 Å². The Morgan fingerprint density at radius 3 is 1.04 bits per heavy atom. The van der Waals surface area contributed by atoms with Crippen molar-refractivity contribution in [3.05, 3.63) is 0 Å². The lowest BCUT2D eigenvalue weighted by Crippen LogP contribution is -2.17. The zero-order valence-corrected chi connectivity index (χ0v) is 20.3. The largest absolute Gasteiger partial charge is 0.371 e. The summed E-state index contributed by atoms with van der Waals surface area (Å²) in [6.07, 6.45) is 28.0. The first kappa shape index (κ1) is 27.5. The molecule has 0 aliphatic rings. The summed E-state index contributed by atoms with van der Waals surface area (Å²) in [5, 5.41) is 3.10. The van der Waals surface area contributed by atoms with Crippen molar-refractivity contribution in [1.29, 1.82) is 0 Å². The molecule has 0 heterocycles. The molecule has 0 aliphatic carbocycles. The van der Waals surface area contributed by atoms with Gasteiger partial charge in [-0.3, -0.25) is 0 Å². The fraction of sp³-hybridized carbons (Fsp3) is 0.957. The number of nitrogens with one attached hydrogen (secondary N) is 1. The van der Waals surface area contributed by atoms with Crippen LogP contribution in [0.4, 0.5) is 0 Å². The molecule has 0 saturated carbocycles. The monoisotopic (exact) mass is 435 g/mol. The first-order chi connectivity index (χ1) is 13.3. The molecule has 0 aliphatic heterocycles. The zero-order valence-electron chi connectivity index (χ0n) is 17.8. The van der Waals surface area contributed by atoms with Gasteiger partial charge >= 0.3 is 0 Å². The lowest BCUT2D eigenvalue weighted by atomic mass is 10.0. The van der Waals surface area contributed by atoms with Crippen molar-refractivity contribution in [2.75, 3.05) is 12.4 Å². The number of thiocarbonyl (C=S) groups is 1. The van der Waals surface area contributed by atoms with Crippen LogP contribution in [0.2, 0.25) is 0 Å². The Labute approximate surface area is 186 Å². The Morgan fingerprint density at radius 1 is 0.519 bits per heavy atom. The molecule has 0 aromatic heterocycles. The Bertz CT molecular complexity index is 300. The van der Waals surface area contributed by atoms with E-state index in [2.05, 4.69) is 17.9 Å². The molecule has 1 N–H and O–H groups in total. The maximum absolute atomic E-state index is 5.69. The topological polar surface area (TPSA) is 12.0 Å². The minimum atomic E-state index is 0.625. The highest BCUT2D eigenvalue weighted by molar-refractivity contribution is 8.11. The number of hydrogen-bond donors (Lipinski definition) is 2. The molecule has 0 amide bonds. The predicted molar refractivity (Wildman–Crippen MR) is 133 cm³/mol. The number of unbranched alkanes of at least 4 members (excludes halogenated alkanes) is 19. The molecule has 0 saturated heterocycles. The molecule has 0 atom stereocenters. The Balaban J connectivity index is 2.98. The second-order valence-electron chi connectivity index (χ2n) is 7.99. The molecular formula is C23H46ClNS2. The normalized spacial score (nSPS) is 11.0. The van der Waals surface area contributed by atoms with Crippen LogP contribution in [-0.4, -0.2) is 16.7 Å². The molecule has 0 fully saturated rings. The molecule has 4 heteroatoms. The van der Waals surface area contributed by atoms with Crippen molar-refractivity contribution in [3.8, 4) is 0 Å². The first-order valence-electron chi connectivity index (χ1n) is 11.8. The highest BCUT2D eigenvalue weighted by Crippen LogP contribution is 2.14. The van der Waals surface area contributed by atoms with Gasteiger partial charge in [0.15, 0.2) is 0 Å². The van der Waals surface area contributed by atoms with Crippen LogP contribution in [0, 0.1) is 0 Å². The van der Waals surface area contributed by atoms with Gasteiger partial charge in [-0.15, -0.1) is 24.2 Å². The lowest BCUT2D eigenvalue weighted by Gasteiger charge is -2.04. The van der Waals surface area contributed by atoms with Crippen molar-refractivity contribution < 1.29 is 0 Å². The fourth-order valence-electron chi connectivity index (χ4n) is 3.60. The third-order valence-corrected chi connectivity index (χ3v) is 5.91. The summed E-state index contributed by atoms with van der Waals surface area (Å²) in [6.45, 7) is 0.983. The summed E-state index contributed by atoms with van der Waals surface area (Å²) >= 11 is 14.6. The third-order valence-electron chi connectivity index (χ3n) is 5.34. The molecule has 162 valence electrons. The highest BCUT2D eigenvalue weighted by atomic mass is 35.5. The van der Waals surface area contributed by atoms with E-state index in [4.69, 9.17) is 23.8 Å². The molecule has 0 radical (unpaired) electrons. The van der Waals surface area contributed by atoms with Crippen LogP contribution in [0.15, 0.2) is 0 Å². The predicted octanol–water partition coefficient (Wildman–Crippen LogP) is 8.83. The molecule has 1 nitrogen and oxygen atoms in total. The quantitative estimate of drug-likeness (QED) is 0.0761. The minimum Gasteiger partial charge on any atom is -0.371 e. The Morgan fingerprint density at radius 2 is 0.778 bits per heavy atom. The number of halogens is 1. The zero-order chi connectivity index (χ0) is 19.8. The minimum absolute atomic E-state index is 0.625. The second kappa shape index (κ2) is 24.6. The number of hydrogen-bond acceptors (Lipinski definition) is 1. The smallest absolute Gasteiger partial charge is 0.130 e. The molecule has 27 heavy (non-hydrogen) atoms. The highest BCUT2D eigenvalue weighted by Gasteiger charge is 1.96. The van der Waals surface area contributed by atoms with Crippen molar-refractivity contribution in [2.24, 2.45) is 0 Å².